The first kappa shape index (κ1) is 10.5. The third-order valence-electron chi connectivity index (χ3n) is 2.75. The van der Waals surface area contributed by atoms with E-state index in [1.165, 1.54) is 0 Å². The summed E-state index contributed by atoms with van der Waals surface area (Å²) < 4.78 is 0. The van der Waals surface area contributed by atoms with Gasteiger partial charge < -0.3 is 10.0 Å². The summed E-state index contributed by atoms with van der Waals surface area (Å²) in [7, 11) is 3.87. The van der Waals surface area contributed by atoms with E-state index in [2.05, 4.69) is 6.07 Å². The van der Waals surface area contributed by atoms with E-state index in [0.29, 0.717) is 13.0 Å². The van der Waals surface area contributed by atoms with Crippen LogP contribution in [-0.2, 0) is 0 Å². The third kappa shape index (κ3) is 2.68. The summed E-state index contributed by atoms with van der Waals surface area (Å²) >= 11 is 0. The van der Waals surface area contributed by atoms with Crippen molar-refractivity contribution in [2.75, 3.05) is 20.6 Å². The lowest BCUT2D eigenvalue weighted by Gasteiger charge is -2.37. The molecule has 0 spiro atoms. The van der Waals surface area contributed by atoms with Gasteiger partial charge in [-0.1, -0.05) is 6.42 Å². The molecular formula is C10H18N2O. The molecule has 1 N–H and O–H groups in total. The Bertz CT molecular complexity index is 203. The monoisotopic (exact) mass is 182 g/mol. The molecule has 0 amide bonds. The van der Waals surface area contributed by atoms with Gasteiger partial charge in [0.25, 0.3) is 0 Å². The molecule has 1 aliphatic rings. The van der Waals surface area contributed by atoms with Crippen LogP contribution in [0.4, 0.5) is 0 Å². The molecule has 0 aromatic carbocycles. The van der Waals surface area contributed by atoms with E-state index in [0.717, 1.165) is 19.3 Å². The van der Waals surface area contributed by atoms with Crippen LogP contribution in [0.3, 0.4) is 0 Å². The number of likely N-dealkylation sites (N-methyl/N-ethyl adjacent to an activating group) is 1. The highest BCUT2D eigenvalue weighted by Gasteiger charge is 2.38. The molecule has 3 nitrogen and oxygen atoms in total. The van der Waals surface area contributed by atoms with E-state index >= 15 is 0 Å². The summed E-state index contributed by atoms with van der Waals surface area (Å²) in [5, 5.41) is 18.6. The minimum atomic E-state index is -0.352. The number of nitriles is 1. The van der Waals surface area contributed by atoms with Crippen molar-refractivity contribution in [2.45, 2.75) is 31.8 Å². The minimum Gasteiger partial charge on any atom is -0.392 e. The molecular weight excluding hydrogens is 164 g/mol. The molecule has 0 aromatic heterocycles. The molecule has 0 bridgehead atoms. The van der Waals surface area contributed by atoms with Gasteiger partial charge >= 0.3 is 0 Å². The second-order valence-corrected chi connectivity index (χ2v) is 4.37. The van der Waals surface area contributed by atoms with Crippen LogP contribution in [0.2, 0.25) is 0 Å². The Labute approximate surface area is 80.0 Å². The van der Waals surface area contributed by atoms with Crippen LogP contribution in [0.15, 0.2) is 0 Å². The van der Waals surface area contributed by atoms with E-state index in [1.807, 2.05) is 19.0 Å². The summed E-state index contributed by atoms with van der Waals surface area (Å²) in [6, 6.07) is 2.34. The maximum Gasteiger partial charge on any atom is 0.0690 e. The van der Waals surface area contributed by atoms with Crippen molar-refractivity contribution in [3.63, 3.8) is 0 Å². The Morgan fingerprint density at radius 2 is 2.15 bits per heavy atom. The van der Waals surface area contributed by atoms with Crippen LogP contribution in [0.5, 0.6) is 0 Å². The molecule has 1 atom stereocenters. The molecule has 1 fully saturated rings. The largest absolute Gasteiger partial charge is 0.392 e. The topological polar surface area (TPSA) is 47.3 Å². The number of hydrogen-bond acceptors (Lipinski definition) is 3. The molecule has 0 aliphatic heterocycles. The van der Waals surface area contributed by atoms with Gasteiger partial charge in [-0.05, 0) is 33.4 Å². The van der Waals surface area contributed by atoms with Gasteiger partial charge in [0, 0.05) is 6.54 Å². The van der Waals surface area contributed by atoms with E-state index in [1.54, 1.807) is 0 Å². The van der Waals surface area contributed by atoms with Gasteiger partial charge in [0.2, 0.25) is 0 Å². The number of nitrogens with zero attached hydrogens (tertiary/aromatic N) is 2. The highest BCUT2D eigenvalue weighted by molar-refractivity contribution is 5.05. The van der Waals surface area contributed by atoms with Gasteiger partial charge in [0.1, 0.15) is 0 Å². The average Bonchev–Trinajstić information content (AvgIpc) is 1.95. The Balaban J connectivity index is 2.35. The standard InChI is InChI=1S/C10H18N2O/c1-12(2)7-9(13)6-10(8-11)4-3-5-10/h9,13H,3-7H2,1-2H3/t9-/m1/s1. The lowest BCUT2D eigenvalue weighted by molar-refractivity contribution is 0.0625. The van der Waals surface area contributed by atoms with E-state index in [-0.39, 0.29) is 11.5 Å². The minimum absolute atomic E-state index is 0.199. The van der Waals surface area contributed by atoms with Crippen LogP contribution >= 0.6 is 0 Å². The van der Waals surface area contributed by atoms with Gasteiger partial charge in [-0.25, -0.2) is 0 Å². The highest BCUT2D eigenvalue weighted by atomic mass is 16.3. The quantitative estimate of drug-likeness (QED) is 0.705. The van der Waals surface area contributed by atoms with Gasteiger partial charge in [-0.15, -0.1) is 0 Å². The maximum atomic E-state index is 9.66. The number of rotatable bonds is 4. The van der Waals surface area contributed by atoms with Crippen molar-refractivity contribution in [1.82, 2.24) is 4.90 Å². The fourth-order valence-electron chi connectivity index (χ4n) is 1.90. The predicted molar refractivity (Wildman–Crippen MR) is 51.1 cm³/mol. The van der Waals surface area contributed by atoms with Crippen molar-refractivity contribution in [3.8, 4) is 6.07 Å². The van der Waals surface area contributed by atoms with Gasteiger partial charge in [-0.2, -0.15) is 5.26 Å². The third-order valence-corrected chi connectivity index (χ3v) is 2.75. The zero-order valence-electron chi connectivity index (χ0n) is 8.45. The molecule has 0 aromatic rings. The van der Waals surface area contributed by atoms with Crippen molar-refractivity contribution >= 4 is 0 Å². The zero-order chi connectivity index (χ0) is 9.90. The second kappa shape index (κ2) is 4.08. The normalized spacial score (nSPS) is 22.1. The molecule has 0 unspecified atom stereocenters. The smallest absolute Gasteiger partial charge is 0.0690 e. The van der Waals surface area contributed by atoms with Crippen molar-refractivity contribution < 1.29 is 5.11 Å². The molecule has 0 radical (unpaired) electrons. The predicted octanol–water partition coefficient (Wildman–Crippen LogP) is 0.993. The molecule has 0 saturated heterocycles. The van der Waals surface area contributed by atoms with Crippen LogP contribution in [0.1, 0.15) is 25.7 Å². The summed E-state index contributed by atoms with van der Waals surface area (Å²) in [5.74, 6) is 0. The van der Waals surface area contributed by atoms with Crippen LogP contribution in [0, 0.1) is 16.7 Å². The summed E-state index contributed by atoms with van der Waals surface area (Å²) in [5.41, 5.74) is -0.199. The Morgan fingerprint density at radius 1 is 1.54 bits per heavy atom. The number of aliphatic hydroxyl groups excluding tert-OH is 1. The summed E-state index contributed by atoms with van der Waals surface area (Å²) in [6.07, 6.45) is 3.36. The highest BCUT2D eigenvalue weighted by Crippen LogP contribution is 2.44. The average molecular weight is 182 g/mol. The van der Waals surface area contributed by atoms with E-state index in [4.69, 9.17) is 5.26 Å². The first-order valence-electron chi connectivity index (χ1n) is 4.82. The molecule has 0 heterocycles. The Morgan fingerprint density at radius 3 is 2.46 bits per heavy atom. The molecule has 74 valence electrons. The summed E-state index contributed by atoms with van der Waals surface area (Å²) in [4.78, 5) is 1.95. The zero-order valence-corrected chi connectivity index (χ0v) is 8.45. The Kier molecular flexibility index (Phi) is 3.29. The van der Waals surface area contributed by atoms with Crippen LogP contribution in [0.25, 0.3) is 0 Å². The van der Waals surface area contributed by atoms with E-state index in [9.17, 15) is 5.11 Å². The Hall–Kier alpha value is -0.590. The van der Waals surface area contributed by atoms with Gasteiger partial charge in [-0.3, -0.25) is 0 Å². The number of hydrogen-bond donors (Lipinski definition) is 1. The summed E-state index contributed by atoms with van der Waals surface area (Å²) in [6.45, 7) is 0.656. The molecule has 1 aliphatic carbocycles. The first-order valence-corrected chi connectivity index (χ1v) is 4.82. The van der Waals surface area contributed by atoms with Gasteiger partial charge in [0.15, 0.2) is 0 Å². The van der Waals surface area contributed by atoms with Crippen molar-refractivity contribution in [1.29, 1.82) is 5.26 Å². The van der Waals surface area contributed by atoms with E-state index < -0.39 is 0 Å². The van der Waals surface area contributed by atoms with Crippen molar-refractivity contribution in [2.24, 2.45) is 5.41 Å². The lowest BCUT2D eigenvalue weighted by atomic mass is 9.67. The molecule has 3 heteroatoms. The lowest BCUT2D eigenvalue weighted by Crippen LogP contribution is -2.36. The number of aliphatic hydroxyl groups is 1. The van der Waals surface area contributed by atoms with Crippen molar-refractivity contribution in [3.05, 3.63) is 0 Å². The fourth-order valence-corrected chi connectivity index (χ4v) is 1.90. The molecule has 1 rings (SSSR count). The fraction of sp³-hybridized carbons (Fsp3) is 0.900. The van der Waals surface area contributed by atoms with Gasteiger partial charge in [0.05, 0.1) is 17.6 Å². The maximum absolute atomic E-state index is 9.66. The van der Waals surface area contributed by atoms with Crippen LogP contribution < -0.4 is 0 Å². The molecule has 1 saturated carbocycles. The molecule has 13 heavy (non-hydrogen) atoms. The van der Waals surface area contributed by atoms with Crippen LogP contribution in [-0.4, -0.2) is 36.8 Å². The first-order chi connectivity index (χ1) is 6.08. The SMILES string of the molecule is CN(C)C[C@H](O)CC1(C#N)CCC1. The second-order valence-electron chi connectivity index (χ2n) is 4.37.